The summed E-state index contributed by atoms with van der Waals surface area (Å²) in [6.45, 7) is 3.55. The number of anilines is 3. The number of aromatic nitrogens is 3. The normalized spacial score (nSPS) is 10.7. The minimum absolute atomic E-state index is 0.474. The first-order valence-corrected chi connectivity index (χ1v) is 7.57. The van der Waals surface area contributed by atoms with Gasteiger partial charge in [-0.05, 0) is 32.6 Å². The second-order valence-electron chi connectivity index (χ2n) is 5.32. The number of halogens is 1. The van der Waals surface area contributed by atoms with Crippen LogP contribution in [0.15, 0.2) is 18.3 Å². The number of likely N-dealkylation sites (N-methyl/N-ethyl adjacent to an activating group) is 1. The van der Waals surface area contributed by atoms with Gasteiger partial charge in [-0.1, -0.05) is 11.6 Å². The predicted molar refractivity (Wildman–Crippen MR) is 92.9 cm³/mol. The van der Waals surface area contributed by atoms with E-state index in [-0.39, 0.29) is 0 Å². The highest BCUT2D eigenvalue weighted by atomic mass is 35.5. The van der Waals surface area contributed by atoms with Crippen molar-refractivity contribution in [1.29, 1.82) is 0 Å². The van der Waals surface area contributed by atoms with E-state index in [1.54, 1.807) is 19.4 Å². The Bertz CT molecular complexity index is 664. The molecule has 124 valence electrons. The molecule has 1 heterocycles. The highest BCUT2D eigenvalue weighted by Crippen LogP contribution is 2.32. The topological polar surface area (TPSA) is 75.2 Å². The van der Waals surface area contributed by atoms with Crippen LogP contribution in [0.4, 0.5) is 17.5 Å². The van der Waals surface area contributed by atoms with E-state index in [2.05, 4.69) is 30.7 Å². The molecule has 23 heavy (non-hydrogen) atoms. The van der Waals surface area contributed by atoms with Gasteiger partial charge in [-0.25, -0.2) is 0 Å². The van der Waals surface area contributed by atoms with Crippen LogP contribution in [0, 0.1) is 6.92 Å². The lowest BCUT2D eigenvalue weighted by Gasteiger charge is -2.13. The van der Waals surface area contributed by atoms with Crippen LogP contribution in [0.1, 0.15) is 5.56 Å². The van der Waals surface area contributed by atoms with Gasteiger partial charge in [-0.15, -0.1) is 5.10 Å². The smallest absolute Gasteiger partial charge is 0.244 e. The molecule has 0 fully saturated rings. The summed E-state index contributed by atoms with van der Waals surface area (Å²) in [5.41, 5.74) is 1.72. The molecular formula is C15H21ClN6O. The van der Waals surface area contributed by atoms with E-state index in [1.807, 2.05) is 27.1 Å². The number of hydrogen-bond acceptors (Lipinski definition) is 7. The lowest BCUT2D eigenvalue weighted by atomic mass is 10.2. The molecule has 0 aliphatic heterocycles. The highest BCUT2D eigenvalue weighted by Gasteiger charge is 2.09. The maximum atomic E-state index is 6.12. The first-order chi connectivity index (χ1) is 11.0. The third-order valence-electron chi connectivity index (χ3n) is 3.14. The van der Waals surface area contributed by atoms with E-state index in [0.717, 1.165) is 24.3 Å². The van der Waals surface area contributed by atoms with Crippen LogP contribution in [0.2, 0.25) is 5.02 Å². The Morgan fingerprint density at radius 1 is 1.30 bits per heavy atom. The number of hydrogen-bond donors (Lipinski definition) is 2. The SMILES string of the molecule is COc1cc(Cl)c(C)cc1Nc1cnnc(NCCN(C)C)n1. The van der Waals surface area contributed by atoms with Gasteiger partial charge in [0.05, 0.1) is 19.0 Å². The molecule has 0 unspecified atom stereocenters. The lowest BCUT2D eigenvalue weighted by Crippen LogP contribution is -2.21. The number of nitrogens with one attached hydrogen (secondary N) is 2. The number of ether oxygens (including phenoxy) is 1. The lowest BCUT2D eigenvalue weighted by molar-refractivity contribution is 0.416. The summed E-state index contributed by atoms with van der Waals surface area (Å²) in [6, 6.07) is 3.67. The van der Waals surface area contributed by atoms with Crippen molar-refractivity contribution in [1.82, 2.24) is 20.1 Å². The number of aryl methyl sites for hydroxylation is 1. The third-order valence-corrected chi connectivity index (χ3v) is 3.55. The monoisotopic (exact) mass is 336 g/mol. The molecule has 0 aliphatic carbocycles. The fourth-order valence-electron chi connectivity index (χ4n) is 1.90. The van der Waals surface area contributed by atoms with Gasteiger partial charge >= 0.3 is 0 Å². The van der Waals surface area contributed by atoms with Gasteiger partial charge in [0.15, 0.2) is 5.82 Å². The average molecular weight is 337 g/mol. The molecule has 2 aromatic rings. The first-order valence-electron chi connectivity index (χ1n) is 7.19. The van der Waals surface area contributed by atoms with E-state index in [9.17, 15) is 0 Å². The minimum atomic E-state index is 0.474. The Hall–Kier alpha value is -2.12. The van der Waals surface area contributed by atoms with Crippen LogP contribution in [0.5, 0.6) is 5.75 Å². The summed E-state index contributed by atoms with van der Waals surface area (Å²) in [6.07, 6.45) is 1.56. The standard InChI is InChI=1S/C15H21ClN6O/c1-10-7-12(13(23-4)8-11(10)16)19-14-9-18-21-15(20-14)17-5-6-22(2)3/h7-9H,5-6H2,1-4H3,(H2,17,19,20,21). The Kier molecular flexibility index (Phi) is 5.95. The summed E-state index contributed by atoms with van der Waals surface area (Å²) in [5.74, 6) is 1.69. The third kappa shape index (κ3) is 4.94. The van der Waals surface area contributed by atoms with Crippen LogP contribution >= 0.6 is 11.6 Å². The van der Waals surface area contributed by atoms with Gasteiger partial charge in [0.25, 0.3) is 0 Å². The largest absolute Gasteiger partial charge is 0.495 e. The molecule has 1 aromatic carbocycles. The molecule has 0 saturated carbocycles. The van der Waals surface area contributed by atoms with Crippen LogP contribution in [-0.2, 0) is 0 Å². The Balaban J connectivity index is 2.13. The fourth-order valence-corrected chi connectivity index (χ4v) is 2.05. The zero-order valence-electron chi connectivity index (χ0n) is 13.7. The molecular weight excluding hydrogens is 316 g/mol. The summed E-state index contributed by atoms with van der Waals surface area (Å²) in [4.78, 5) is 6.46. The molecule has 0 bridgehead atoms. The molecule has 0 radical (unpaired) electrons. The van der Waals surface area contributed by atoms with Crippen LogP contribution in [0.25, 0.3) is 0 Å². The summed E-state index contributed by atoms with van der Waals surface area (Å²) in [7, 11) is 5.61. The first kappa shape index (κ1) is 17.2. The summed E-state index contributed by atoms with van der Waals surface area (Å²) in [5, 5.41) is 14.9. The van der Waals surface area contributed by atoms with Crippen molar-refractivity contribution < 1.29 is 4.74 Å². The van der Waals surface area contributed by atoms with Gasteiger partial charge in [-0.3, -0.25) is 0 Å². The predicted octanol–water partition coefficient (Wildman–Crippen LogP) is 2.56. The van der Waals surface area contributed by atoms with E-state index in [0.29, 0.717) is 22.5 Å². The van der Waals surface area contributed by atoms with E-state index in [1.165, 1.54) is 0 Å². The van der Waals surface area contributed by atoms with Crippen LogP contribution in [-0.4, -0.2) is 54.4 Å². The molecule has 1 aromatic heterocycles. The van der Waals surface area contributed by atoms with Crippen LogP contribution in [0.3, 0.4) is 0 Å². The number of benzene rings is 1. The van der Waals surface area contributed by atoms with Gasteiger partial charge in [0, 0.05) is 24.2 Å². The maximum Gasteiger partial charge on any atom is 0.244 e. The molecule has 2 rings (SSSR count). The van der Waals surface area contributed by atoms with Gasteiger partial charge in [-0.2, -0.15) is 10.1 Å². The molecule has 0 spiro atoms. The zero-order valence-corrected chi connectivity index (χ0v) is 14.5. The summed E-state index contributed by atoms with van der Waals surface area (Å²) < 4.78 is 5.34. The van der Waals surface area contributed by atoms with Gasteiger partial charge < -0.3 is 20.3 Å². The summed E-state index contributed by atoms with van der Waals surface area (Å²) >= 11 is 6.12. The maximum absolute atomic E-state index is 6.12. The molecule has 0 saturated heterocycles. The van der Waals surface area contributed by atoms with E-state index >= 15 is 0 Å². The van der Waals surface area contributed by atoms with Crippen molar-refractivity contribution >= 4 is 29.1 Å². The number of nitrogens with zero attached hydrogens (tertiary/aromatic N) is 4. The quantitative estimate of drug-likeness (QED) is 0.804. The van der Waals surface area contributed by atoms with Crippen LogP contribution < -0.4 is 15.4 Å². The minimum Gasteiger partial charge on any atom is -0.495 e. The van der Waals surface area contributed by atoms with Crippen molar-refractivity contribution in [3.63, 3.8) is 0 Å². The van der Waals surface area contributed by atoms with E-state index in [4.69, 9.17) is 16.3 Å². The van der Waals surface area contributed by atoms with Crippen molar-refractivity contribution in [3.8, 4) is 5.75 Å². The Labute approximate surface area is 141 Å². The fraction of sp³-hybridized carbons (Fsp3) is 0.400. The van der Waals surface area contributed by atoms with Crippen molar-refractivity contribution in [2.75, 3.05) is 44.9 Å². The number of rotatable bonds is 7. The molecule has 0 atom stereocenters. The van der Waals surface area contributed by atoms with Crippen molar-refractivity contribution in [3.05, 3.63) is 28.9 Å². The second kappa shape index (κ2) is 7.94. The molecule has 0 amide bonds. The second-order valence-corrected chi connectivity index (χ2v) is 5.73. The molecule has 0 aliphatic rings. The van der Waals surface area contributed by atoms with Gasteiger partial charge in [0.1, 0.15) is 5.75 Å². The zero-order chi connectivity index (χ0) is 16.8. The van der Waals surface area contributed by atoms with Crippen molar-refractivity contribution in [2.24, 2.45) is 0 Å². The molecule has 7 nitrogen and oxygen atoms in total. The van der Waals surface area contributed by atoms with Gasteiger partial charge in [0.2, 0.25) is 5.95 Å². The highest BCUT2D eigenvalue weighted by molar-refractivity contribution is 6.31. The Morgan fingerprint density at radius 3 is 2.78 bits per heavy atom. The van der Waals surface area contributed by atoms with E-state index < -0.39 is 0 Å². The average Bonchev–Trinajstić information content (AvgIpc) is 2.51. The molecule has 8 heteroatoms. The number of methoxy groups -OCH3 is 1. The Morgan fingerprint density at radius 2 is 2.09 bits per heavy atom. The van der Waals surface area contributed by atoms with Crippen molar-refractivity contribution in [2.45, 2.75) is 6.92 Å². The molecule has 2 N–H and O–H groups in total.